The van der Waals surface area contributed by atoms with Gasteiger partial charge in [-0.05, 0) is 62.4 Å². The summed E-state index contributed by atoms with van der Waals surface area (Å²) in [5, 5.41) is 0. The molecule has 0 aliphatic heterocycles. The second kappa shape index (κ2) is 6.37. The van der Waals surface area contributed by atoms with Gasteiger partial charge in [-0.15, -0.1) is 0 Å². The van der Waals surface area contributed by atoms with Crippen LogP contribution in [0.5, 0.6) is 0 Å². The fraction of sp³-hybridized carbons (Fsp3) is 0.227. The van der Waals surface area contributed by atoms with Gasteiger partial charge >= 0.3 is 0 Å². The molecule has 0 atom stereocenters. The van der Waals surface area contributed by atoms with Crippen LogP contribution in [-0.4, -0.2) is 4.98 Å². The summed E-state index contributed by atoms with van der Waals surface area (Å²) in [4.78, 5) is 4.92. The average Bonchev–Trinajstić information content (AvgIpc) is 2.90. The van der Waals surface area contributed by atoms with Crippen LogP contribution in [0, 0.1) is 6.92 Å². The average molecular weight is 301 g/mol. The fourth-order valence-electron chi connectivity index (χ4n) is 3.40. The summed E-state index contributed by atoms with van der Waals surface area (Å²) in [6.45, 7) is 8.37. The molecule has 2 aromatic rings. The quantitative estimate of drug-likeness (QED) is 0.550. The largest absolute Gasteiger partial charge is 0.252 e. The number of benzene rings is 1. The summed E-state index contributed by atoms with van der Waals surface area (Å²) in [6, 6.07) is 10.9. The van der Waals surface area contributed by atoms with E-state index in [1.807, 2.05) is 0 Å². The summed E-state index contributed by atoms with van der Waals surface area (Å²) in [5.74, 6) is 0. The van der Waals surface area contributed by atoms with E-state index in [2.05, 4.69) is 82.3 Å². The second-order valence-electron chi connectivity index (χ2n) is 6.08. The molecule has 0 saturated heterocycles. The van der Waals surface area contributed by atoms with Crippen molar-refractivity contribution in [3.05, 3.63) is 82.7 Å². The Balaban J connectivity index is 2.32. The van der Waals surface area contributed by atoms with Crippen molar-refractivity contribution in [1.82, 2.24) is 4.98 Å². The third-order valence-corrected chi connectivity index (χ3v) is 4.33. The molecule has 23 heavy (non-hydrogen) atoms. The Kier molecular flexibility index (Phi) is 4.29. The molecule has 1 heteroatoms. The minimum Gasteiger partial charge on any atom is -0.252 e. The minimum atomic E-state index is 1.01. The van der Waals surface area contributed by atoms with Crippen LogP contribution in [0.25, 0.3) is 16.7 Å². The number of aryl methyl sites for hydroxylation is 1. The highest BCUT2D eigenvalue weighted by Crippen LogP contribution is 2.41. The summed E-state index contributed by atoms with van der Waals surface area (Å²) in [5.41, 5.74) is 10.1. The molecular weight excluding hydrogens is 278 g/mol. The van der Waals surface area contributed by atoms with Crippen LogP contribution < -0.4 is 0 Å². The van der Waals surface area contributed by atoms with Crippen LogP contribution in [0.4, 0.5) is 0 Å². The first-order valence-electron chi connectivity index (χ1n) is 8.21. The third-order valence-electron chi connectivity index (χ3n) is 4.33. The van der Waals surface area contributed by atoms with Gasteiger partial charge in [0.15, 0.2) is 0 Å². The first-order chi connectivity index (χ1) is 11.2. The number of hydrogen-bond donors (Lipinski definition) is 0. The molecular formula is C22H23N. The Morgan fingerprint density at radius 1 is 1.04 bits per heavy atom. The molecule has 116 valence electrons. The van der Waals surface area contributed by atoms with Crippen LogP contribution >= 0.6 is 0 Å². The molecule has 0 fully saturated rings. The van der Waals surface area contributed by atoms with Gasteiger partial charge in [-0.3, -0.25) is 4.98 Å². The monoisotopic (exact) mass is 301 g/mol. The normalized spacial score (nSPS) is 14.3. The van der Waals surface area contributed by atoms with Crippen molar-refractivity contribution in [2.45, 2.75) is 34.1 Å². The SMILES string of the molecule is C\C=C/C(C)=C(\C=C/C)c1nc(C)cc2c1-c1ccccc1C2. The summed E-state index contributed by atoms with van der Waals surface area (Å²) < 4.78 is 0. The zero-order valence-electron chi connectivity index (χ0n) is 14.4. The van der Waals surface area contributed by atoms with Gasteiger partial charge in [-0.2, -0.15) is 0 Å². The van der Waals surface area contributed by atoms with Crippen LogP contribution in [-0.2, 0) is 6.42 Å². The number of fused-ring (bicyclic) bond motifs is 3. The Morgan fingerprint density at radius 3 is 2.52 bits per heavy atom. The lowest BCUT2D eigenvalue weighted by Crippen LogP contribution is -1.98. The van der Waals surface area contributed by atoms with Gasteiger partial charge in [0.25, 0.3) is 0 Å². The number of nitrogens with zero attached hydrogens (tertiary/aromatic N) is 1. The number of hydrogen-bond acceptors (Lipinski definition) is 1. The first-order valence-corrected chi connectivity index (χ1v) is 8.21. The summed E-state index contributed by atoms with van der Waals surface area (Å²) in [6.07, 6.45) is 9.53. The van der Waals surface area contributed by atoms with Gasteiger partial charge in [0.1, 0.15) is 0 Å². The summed E-state index contributed by atoms with van der Waals surface area (Å²) in [7, 11) is 0. The number of aromatic nitrogens is 1. The third kappa shape index (κ3) is 2.79. The molecule has 1 nitrogen and oxygen atoms in total. The number of allylic oxidation sites excluding steroid dienone is 6. The molecule has 0 spiro atoms. The van der Waals surface area contributed by atoms with Gasteiger partial charge in [0.2, 0.25) is 0 Å². The van der Waals surface area contributed by atoms with Crippen molar-refractivity contribution in [3.63, 3.8) is 0 Å². The van der Waals surface area contributed by atoms with Crippen LogP contribution in [0.3, 0.4) is 0 Å². The lowest BCUT2D eigenvalue weighted by atomic mass is 9.95. The molecule has 1 aromatic carbocycles. The van der Waals surface area contributed by atoms with Gasteiger partial charge in [0.05, 0.1) is 5.69 Å². The van der Waals surface area contributed by atoms with Gasteiger partial charge in [-0.25, -0.2) is 0 Å². The fourth-order valence-corrected chi connectivity index (χ4v) is 3.40. The predicted molar refractivity (Wildman–Crippen MR) is 99.4 cm³/mol. The predicted octanol–water partition coefficient (Wildman–Crippen LogP) is 5.89. The Labute approximate surface area is 139 Å². The topological polar surface area (TPSA) is 12.9 Å². The smallest absolute Gasteiger partial charge is 0.0789 e. The highest BCUT2D eigenvalue weighted by atomic mass is 14.7. The molecule has 0 saturated carbocycles. The molecule has 1 aliphatic carbocycles. The van der Waals surface area contributed by atoms with E-state index in [0.717, 1.165) is 17.8 Å². The number of rotatable bonds is 3. The van der Waals surface area contributed by atoms with Gasteiger partial charge in [0, 0.05) is 16.8 Å². The van der Waals surface area contributed by atoms with Crippen molar-refractivity contribution >= 4 is 5.57 Å². The minimum absolute atomic E-state index is 1.01. The second-order valence-corrected chi connectivity index (χ2v) is 6.08. The molecule has 1 heterocycles. The zero-order chi connectivity index (χ0) is 16.4. The van der Waals surface area contributed by atoms with Gasteiger partial charge < -0.3 is 0 Å². The van der Waals surface area contributed by atoms with E-state index in [4.69, 9.17) is 4.98 Å². The van der Waals surface area contributed by atoms with E-state index in [1.165, 1.54) is 33.4 Å². The molecule has 0 amide bonds. The van der Waals surface area contributed by atoms with Crippen molar-refractivity contribution < 1.29 is 0 Å². The first kappa shape index (κ1) is 15.5. The standard InChI is InChI=1S/C22H23N/c1-5-9-15(3)19(10-6-2)22-21-18(13-16(4)23-22)14-17-11-7-8-12-20(17)21/h5-13H,14H2,1-4H3/b9-5-,10-6-,19-15+. The van der Waals surface area contributed by atoms with E-state index in [0.29, 0.717) is 0 Å². The maximum Gasteiger partial charge on any atom is 0.0789 e. The van der Waals surface area contributed by atoms with E-state index < -0.39 is 0 Å². The Hall–Kier alpha value is -2.41. The zero-order valence-corrected chi connectivity index (χ0v) is 14.4. The molecule has 0 bridgehead atoms. The Morgan fingerprint density at radius 2 is 1.78 bits per heavy atom. The van der Waals surface area contributed by atoms with E-state index in [1.54, 1.807) is 0 Å². The van der Waals surface area contributed by atoms with Crippen molar-refractivity contribution in [2.24, 2.45) is 0 Å². The molecule has 3 rings (SSSR count). The maximum atomic E-state index is 4.92. The van der Waals surface area contributed by atoms with E-state index in [9.17, 15) is 0 Å². The molecule has 1 aliphatic rings. The van der Waals surface area contributed by atoms with Crippen LogP contribution in [0.15, 0.2) is 60.2 Å². The molecule has 1 aromatic heterocycles. The van der Waals surface area contributed by atoms with Crippen molar-refractivity contribution in [2.75, 3.05) is 0 Å². The summed E-state index contributed by atoms with van der Waals surface area (Å²) >= 11 is 0. The maximum absolute atomic E-state index is 4.92. The Bertz CT molecular complexity index is 835. The number of pyridine rings is 1. The lowest BCUT2D eigenvalue weighted by Gasteiger charge is -2.13. The van der Waals surface area contributed by atoms with Crippen LogP contribution in [0.2, 0.25) is 0 Å². The lowest BCUT2D eigenvalue weighted by molar-refractivity contribution is 1.14. The van der Waals surface area contributed by atoms with E-state index in [-0.39, 0.29) is 0 Å². The van der Waals surface area contributed by atoms with Crippen molar-refractivity contribution in [3.8, 4) is 11.1 Å². The van der Waals surface area contributed by atoms with Crippen LogP contribution in [0.1, 0.15) is 43.3 Å². The van der Waals surface area contributed by atoms with Crippen molar-refractivity contribution in [1.29, 1.82) is 0 Å². The van der Waals surface area contributed by atoms with Gasteiger partial charge in [-0.1, -0.05) is 48.6 Å². The molecule has 0 N–H and O–H groups in total. The highest BCUT2D eigenvalue weighted by molar-refractivity contribution is 5.90. The van der Waals surface area contributed by atoms with E-state index >= 15 is 0 Å². The molecule has 0 unspecified atom stereocenters. The highest BCUT2D eigenvalue weighted by Gasteiger charge is 2.24. The molecule has 0 radical (unpaired) electrons.